The normalized spacial score (nSPS) is 17.7. The lowest BCUT2D eigenvalue weighted by atomic mass is 9.67. The van der Waals surface area contributed by atoms with Crippen LogP contribution in [0.1, 0.15) is 78.5 Å². The Hall–Kier alpha value is -5.09. The van der Waals surface area contributed by atoms with Gasteiger partial charge in [0.15, 0.2) is 6.20 Å². The van der Waals surface area contributed by atoms with E-state index in [1.54, 1.807) is 0 Å². The maximum absolute atomic E-state index is 6.63. The summed E-state index contributed by atoms with van der Waals surface area (Å²) in [6, 6.07) is 27.1. The second-order valence-corrected chi connectivity index (χ2v) is 15.1. The van der Waals surface area contributed by atoms with Crippen LogP contribution in [0.3, 0.4) is 0 Å². The van der Waals surface area contributed by atoms with Crippen LogP contribution in [0.2, 0.25) is 0 Å². The predicted molar refractivity (Wildman–Crippen MR) is 206 cm³/mol. The molecule has 248 valence electrons. The molecule has 2 unspecified atom stereocenters. The Bertz CT molecular complexity index is 2450. The molecule has 3 aromatic carbocycles. The Morgan fingerprint density at radius 3 is 2.58 bits per heavy atom. The van der Waals surface area contributed by atoms with E-state index in [9.17, 15) is 0 Å². The fourth-order valence-electron chi connectivity index (χ4n) is 8.82. The second-order valence-electron chi connectivity index (χ2n) is 15.1. The molecule has 5 heterocycles. The molecule has 1 aliphatic carbocycles. The molecule has 9 rings (SSSR count). The third kappa shape index (κ3) is 4.75. The molecule has 0 fully saturated rings. The van der Waals surface area contributed by atoms with Crippen LogP contribution in [0.25, 0.3) is 50.3 Å². The average molecular weight is 655 g/mol. The van der Waals surface area contributed by atoms with Crippen molar-refractivity contribution in [3.8, 4) is 22.5 Å². The predicted octanol–water partition coefficient (Wildman–Crippen LogP) is 10.8. The van der Waals surface area contributed by atoms with Crippen LogP contribution in [-0.2, 0) is 12.8 Å². The molecule has 50 heavy (non-hydrogen) atoms. The van der Waals surface area contributed by atoms with Crippen LogP contribution in [0.5, 0.6) is 0 Å². The Morgan fingerprint density at radius 2 is 1.78 bits per heavy atom. The zero-order chi connectivity index (χ0) is 34.3. The molecule has 0 spiro atoms. The molecule has 0 bridgehead atoms. The lowest BCUT2D eigenvalue weighted by Gasteiger charge is -2.39. The quantitative estimate of drug-likeness (QED) is 0.168. The molecule has 0 radical (unpaired) electrons. The van der Waals surface area contributed by atoms with Gasteiger partial charge >= 0.3 is 0 Å². The lowest BCUT2D eigenvalue weighted by Crippen LogP contribution is -2.50. The Morgan fingerprint density at radius 1 is 0.940 bits per heavy atom. The third-order valence-corrected chi connectivity index (χ3v) is 11.0. The van der Waals surface area contributed by atoms with Gasteiger partial charge in [-0.3, -0.25) is 4.99 Å². The molecule has 4 heteroatoms. The van der Waals surface area contributed by atoms with Crippen molar-refractivity contribution in [3.63, 3.8) is 0 Å². The molecule has 3 aromatic heterocycles. The van der Waals surface area contributed by atoms with E-state index in [1.165, 1.54) is 67.0 Å². The standard InChI is InChI=1S/C46H44N3O/c1-7-8-9-13-36-32-16-14-27(4)23-34(32)42-35-25-31-15-19-39-43(33-17-18-37(48-46(33)50-39)40-28(5)11-10-12-29(40)6)41(31)38-24-30(22-26(2)3)20-21-49(38)45(35)44(42)47-36/h9-21,23-24,26,42,44H,7-8,22,25H2,1-6H3/q+1/b13-9-. The largest absolute Gasteiger partial charge is 0.438 e. The summed E-state index contributed by atoms with van der Waals surface area (Å²) < 4.78 is 9.10. The minimum absolute atomic E-state index is 0.0766. The molecule has 3 aliphatic rings. The highest BCUT2D eigenvalue weighted by Crippen LogP contribution is 2.53. The van der Waals surface area contributed by atoms with Gasteiger partial charge in [-0.15, -0.1) is 0 Å². The van der Waals surface area contributed by atoms with E-state index in [-0.39, 0.29) is 12.0 Å². The van der Waals surface area contributed by atoms with Gasteiger partial charge in [0.2, 0.25) is 17.1 Å². The third-order valence-electron chi connectivity index (χ3n) is 11.0. The Balaban J connectivity index is 1.27. The van der Waals surface area contributed by atoms with Crippen molar-refractivity contribution >= 4 is 33.5 Å². The first-order valence-electron chi connectivity index (χ1n) is 18.4. The van der Waals surface area contributed by atoms with Crippen molar-refractivity contribution < 1.29 is 8.98 Å². The highest BCUT2D eigenvalue weighted by atomic mass is 16.3. The number of pyridine rings is 2. The molecular weight excluding hydrogens is 611 g/mol. The number of hydrogen-bond acceptors (Lipinski definition) is 3. The highest BCUT2D eigenvalue weighted by Gasteiger charge is 2.52. The van der Waals surface area contributed by atoms with Crippen molar-refractivity contribution in [2.75, 3.05) is 0 Å². The topological polar surface area (TPSA) is 42.3 Å². The molecule has 2 aliphatic heterocycles. The first-order chi connectivity index (χ1) is 24.3. The lowest BCUT2D eigenvalue weighted by molar-refractivity contribution is -0.575. The van der Waals surface area contributed by atoms with Crippen LogP contribution in [-0.4, -0.2) is 16.7 Å². The van der Waals surface area contributed by atoms with E-state index in [2.05, 4.69) is 137 Å². The smallest absolute Gasteiger partial charge is 0.227 e. The number of aromatic nitrogens is 2. The van der Waals surface area contributed by atoms with E-state index in [4.69, 9.17) is 14.4 Å². The molecule has 0 N–H and O–H groups in total. The summed E-state index contributed by atoms with van der Waals surface area (Å²) in [5, 5.41) is 2.22. The average Bonchev–Trinajstić information content (AvgIpc) is 3.40. The van der Waals surface area contributed by atoms with Gasteiger partial charge in [-0.2, -0.15) is 4.57 Å². The number of nitrogens with zero attached hydrogens (tertiary/aromatic N) is 3. The fourth-order valence-corrected chi connectivity index (χ4v) is 8.82. The summed E-state index contributed by atoms with van der Waals surface area (Å²) in [6.07, 6.45) is 11.0. The van der Waals surface area contributed by atoms with Crippen molar-refractivity contribution in [2.45, 2.75) is 79.2 Å². The summed E-state index contributed by atoms with van der Waals surface area (Å²) in [6.45, 7) is 13.4. The van der Waals surface area contributed by atoms with E-state index >= 15 is 0 Å². The maximum Gasteiger partial charge on any atom is 0.227 e. The van der Waals surface area contributed by atoms with Gasteiger partial charge in [0.25, 0.3) is 0 Å². The SMILES string of the molecule is CCC/C=C\C1=NC2C3=C(Cc4ccc5oc6nc(-c7c(C)cccc7C)ccc6c5c4-c4cc(CC(C)C)cc[n+]43)C2c2cc(C)ccc21. The number of aliphatic imine (C=N–C) groups is 1. The maximum atomic E-state index is 6.63. The highest BCUT2D eigenvalue weighted by molar-refractivity contribution is 6.13. The molecule has 2 atom stereocenters. The molecule has 6 aromatic rings. The number of aryl methyl sites for hydroxylation is 3. The van der Waals surface area contributed by atoms with Gasteiger partial charge < -0.3 is 4.42 Å². The first kappa shape index (κ1) is 30.9. The second kappa shape index (κ2) is 11.8. The van der Waals surface area contributed by atoms with Crippen LogP contribution in [0, 0.1) is 26.7 Å². The van der Waals surface area contributed by atoms with E-state index in [1.807, 2.05) is 0 Å². The summed E-state index contributed by atoms with van der Waals surface area (Å²) >= 11 is 0. The van der Waals surface area contributed by atoms with E-state index in [0.717, 1.165) is 53.4 Å². The Labute approximate surface area is 294 Å². The monoisotopic (exact) mass is 654 g/mol. The summed E-state index contributed by atoms with van der Waals surface area (Å²) in [5.74, 6) is 0.826. The van der Waals surface area contributed by atoms with E-state index < -0.39 is 0 Å². The molecule has 0 saturated heterocycles. The van der Waals surface area contributed by atoms with Crippen LogP contribution in [0.4, 0.5) is 0 Å². The van der Waals surface area contributed by atoms with Crippen molar-refractivity contribution in [1.82, 2.24) is 4.98 Å². The minimum atomic E-state index is 0.0766. The summed E-state index contributed by atoms with van der Waals surface area (Å²) in [4.78, 5) is 10.7. The van der Waals surface area contributed by atoms with Gasteiger partial charge in [-0.25, -0.2) is 4.98 Å². The molecule has 0 saturated carbocycles. The van der Waals surface area contributed by atoms with Gasteiger partial charge in [0.1, 0.15) is 11.6 Å². The van der Waals surface area contributed by atoms with Gasteiger partial charge in [0.05, 0.1) is 17.0 Å². The Kier molecular flexibility index (Phi) is 7.28. The number of furan rings is 1. The summed E-state index contributed by atoms with van der Waals surface area (Å²) in [7, 11) is 0. The van der Waals surface area contributed by atoms with Gasteiger partial charge in [-0.1, -0.05) is 81.3 Å². The van der Waals surface area contributed by atoms with E-state index in [0.29, 0.717) is 11.6 Å². The van der Waals surface area contributed by atoms with Crippen molar-refractivity contribution in [3.05, 3.63) is 136 Å². The van der Waals surface area contributed by atoms with Crippen molar-refractivity contribution in [1.29, 1.82) is 0 Å². The number of rotatable bonds is 6. The minimum Gasteiger partial charge on any atom is -0.438 e. The summed E-state index contributed by atoms with van der Waals surface area (Å²) in [5.41, 5.74) is 19.2. The fraction of sp³-hybridized carbons (Fsp3) is 0.283. The number of benzene rings is 3. The number of fused-ring (bicyclic) bond motifs is 13. The van der Waals surface area contributed by atoms with Crippen LogP contribution in [0.15, 0.2) is 106 Å². The molecule has 0 amide bonds. The van der Waals surface area contributed by atoms with Gasteiger partial charge in [0, 0.05) is 51.9 Å². The number of allylic oxidation sites excluding steroid dienone is 2. The number of hydrogen-bond donors (Lipinski definition) is 0. The zero-order valence-corrected chi connectivity index (χ0v) is 30.0. The zero-order valence-electron chi connectivity index (χ0n) is 30.0. The molecular formula is C46H44N3O+. The van der Waals surface area contributed by atoms with Gasteiger partial charge in [-0.05, 0) is 91.6 Å². The van der Waals surface area contributed by atoms with Crippen molar-refractivity contribution in [2.24, 2.45) is 10.9 Å². The molecule has 4 nitrogen and oxygen atoms in total. The number of unbranched alkanes of at least 4 members (excludes halogenated alkanes) is 1. The van der Waals surface area contributed by atoms with Crippen LogP contribution < -0.4 is 4.57 Å². The van der Waals surface area contributed by atoms with Crippen LogP contribution >= 0.6 is 0 Å². The first-order valence-corrected chi connectivity index (χ1v) is 18.4.